The highest BCUT2D eigenvalue weighted by atomic mass is 16.5. The number of ether oxygens (including phenoxy) is 2. The zero-order valence-corrected chi connectivity index (χ0v) is 15.6. The summed E-state index contributed by atoms with van der Waals surface area (Å²) in [6.07, 6.45) is 18.6. The lowest BCUT2D eigenvalue weighted by molar-refractivity contribution is 0.0882. The molecule has 24 heavy (non-hydrogen) atoms. The summed E-state index contributed by atoms with van der Waals surface area (Å²) in [4.78, 5) is 0. The fraction of sp³-hybridized carbons (Fsp3) is 0.636. The van der Waals surface area contributed by atoms with Crippen LogP contribution in [0.15, 0.2) is 24.3 Å². The van der Waals surface area contributed by atoms with Gasteiger partial charge in [0, 0.05) is 6.61 Å². The molecule has 0 fully saturated rings. The van der Waals surface area contributed by atoms with Gasteiger partial charge in [0.25, 0.3) is 0 Å². The molecule has 1 unspecified atom stereocenters. The van der Waals surface area contributed by atoms with Gasteiger partial charge < -0.3 is 9.47 Å². The minimum atomic E-state index is -0.255. The number of hydrogen-bond donors (Lipinski definition) is 0. The third-order valence-electron chi connectivity index (χ3n) is 4.35. The predicted octanol–water partition coefficient (Wildman–Crippen LogP) is 6.31. The molecule has 0 N–H and O–H groups in total. The Balaban J connectivity index is 2.05. The lowest BCUT2D eigenvalue weighted by atomic mass is 10.1. The van der Waals surface area contributed by atoms with Crippen molar-refractivity contribution in [3.05, 3.63) is 29.8 Å². The summed E-state index contributed by atoms with van der Waals surface area (Å²) in [6, 6.07) is 7.79. The van der Waals surface area contributed by atoms with E-state index >= 15 is 0 Å². The molecule has 1 rings (SSSR count). The first-order valence-electron chi connectivity index (χ1n) is 9.53. The maximum absolute atomic E-state index is 5.85. The second kappa shape index (κ2) is 13.9. The predicted molar refractivity (Wildman–Crippen MR) is 102 cm³/mol. The molecule has 0 heterocycles. The smallest absolute Gasteiger partial charge is 0.143 e. The number of hydrogen-bond acceptors (Lipinski definition) is 2. The molecule has 0 aromatic heterocycles. The van der Waals surface area contributed by atoms with Crippen LogP contribution < -0.4 is 4.74 Å². The average Bonchev–Trinajstić information content (AvgIpc) is 2.63. The van der Waals surface area contributed by atoms with E-state index in [1.165, 1.54) is 57.8 Å². The Morgan fingerprint density at radius 2 is 1.42 bits per heavy atom. The Morgan fingerprint density at radius 1 is 0.875 bits per heavy atom. The zero-order chi connectivity index (χ0) is 17.5. The highest BCUT2D eigenvalue weighted by Crippen LogP contribution is 2.20. The lowest BCUT2D eigenvalue weighted by Gasteiger charge is -2.13. The minimum Gasteiger partial charge on any atom is -0.497 e. The Bertz CT molecular complexity index is 444. The van der Waals surface area contributed by atoms with Crippen LogP contribution in [0.25, 0.3) is 0 Å². The number of benzene rings is 1. The SMILES string of the molecule is C#CC(OCCCCCCCCCCCC)c1ccc(OC)cc1. The van der Waals surface area contributed by atoms with Crippen LogP contribution >= 0.6 is 0 Å². The van der Waals surface area contributed by atoms with E-state index in [1.54, 1.807) is 7.11 Å². The highest BCUT2D eigenvalue weighted by Gasteiger charge is 2.08. The van der Waals surface area contributed by atoms with E-state index in [-0.39, 0.29) is 6.10 Å². The number of rotatable bonds is 14. The lowest BCUT2D eigenvalue weighted by Crippen LogP contribution is -2.03. The van der Waals surface area contributed by atoms with Crippen LogP contribution in [0.5, 0.6) is 5.75 Å². The maximum atomic E-state index is 5.85. The van der Waals surface area contributed by atoms with E-state index in [0.717, 1.165) is 24.3 Å². The van der Waals surface area contributed by atoms with Crippen LogP contribution in [0.1, 0.15) is 82.8 Å². The van der Waals surface area contributed by atoms with Crippen molar-refractivity contribution in [1.29, 1.82) is 0 Å². The van der Waals surface area contributed by atoms with Crippen molar-refractivity contribution in [3.8, 4) is 18.1 Å². The molecule has 2 heteroatoms. The fourth-order valence-electron chi connectivity index (χ4n) is 2.81. The summed E-state index contributed by atoms with van der Waals surface area (Å²) in [5.41, 5.74) is 1.02. The van der Waals surface area contributed by atoms with Crippen molar-refractivity contribution in [3.63, 3.8) is 0 Å². The summed E-state index contributed by atoms with van der Waals surface area (Å²) in [7, 11) is 1.66. The van der Waals surface area contributed by atoms with Crippen LogP contribution in [0.2, 0.25) is 0 Å². The second-order valence-electron chi connectivity index (χ2n) is 6.37. The maximum Gasteiger partial charge on any atom is 0.143 e. The molecular formula is C22H34O2. The molecular weight excluding hydrogens is 296 g/mol. The first-order valence-corrected chi connectivity index (χ1v) is 9.53. The molecule has 0 saturated carbocycles. The van der Waals surface area contributed by atoms with Gasteiger partial charge in [0.15, 0.2) is 0 Å². The van der Waals surface area contributed by atoms with Gasteiger partial charge in [-0.25, -0.2) is 0 Å². The van der Waals surface area contributed by atoms with E-state index in [9.17, 15) is 0 Å². The van der Waals surface area contributed by atoms with E-state index in [4.69, 9.17) is 15.9 Å². The molecule has 0 saturated heterocycles. The van der Waals surface area contributed by atoms with Gasteiger partial charge in [0.2, 0.25) is 0 Å². The summed E-state index contributed by atoms with van der Waals surface area (Å²) in [5, 5.41) is 0. The van der Waals surface area contributed by atoms with E-state index in [0.29, 0.717) is 0 Å². The third-order valence-corrected chi connectivity index (χ3v) is 4.35. The zero-order valence-electron chi connectivity index (χ0n) is 15.6. The molecule has 0 amide bonds. The highest BCUT2D eigenvalue weighted by molar-refractivity contribution is 5.31. The molecule has 0 bridgehead atoms. The van der Waals surface area contributed by atoms with Gasteiger partial charge >= 0.3 is 0 Å². The van der Waals surface area contributed by atoms with Crippen LogP contribution in [-0.2, 0) is 4.74 Å². The molecule has 2 nitrogen and oxygen atoms in total. The van der Waals surface area contributed by atoms with E-state index in [1.807, 2.05) is 24.3 Å². The Hall–Kier alpha value is -1.46. The third kappa shape index (κ3) is 8.99. The minimum absolute atomic E-state index is 0.255. The summed E-state index contributed by atoms with van der Waals surface area (Å²) >= 11 is 0. The van der Waals surface area contributed by atoms with Gasteiger partial charge in [0.1, 0.15) is 11.9 Å². The van der Waals surface area contributed by atoms with Crippen molar-refractivity contribution in [1.82, 2.24) is 0 Å². The van der Waals surface area contributed by atoms with Gasteiger partial charge in [-0.1, -0.05) is 82.8 Å². The fourth-order valence-corrected chi connectivity index (χ4v) is 2.81. The Labute approximate surface area is 148 Å². The van der Waals surface area contributed by atoms with E-state index < -0.39 is 0 Å². The molecule has 0 aliphatic carbocycles. The van der Waals surface area contributed by atoms with Crippen molar-refractivity contribution in [2.24, 2.45) is 0 Å². The Kier molecular flexibility index (Phi) is 11.9. The second-order valence-corrected chi connectivity index (χ2v) is 6.37. The Morgan fingerprint density at radius 3 is 1.92 bits per heavy atom. The van der Waals surface area contributed by atoms with Gasteiger partial charge in [-0.05, 0) is 24.1 Å². The molecule has 0 aliphatic rings. The number of unbranched alkanes of at least 4 members (excludes halogenated alkanes) is 9. The quantitative estimate of drug-likeness (QED) is 0.294. The molecule has 0 radical (unpaired) electrons. The van der Waals surface area contributed by atoms with E-state index in [2.05, 4.69) is 12.8 Å². The van der Waals surface area contributed by atoms with Crippen LogP contribution in [0.4, 0.5) is 0 Å². The summed E-state index contributed by atoms with van der Waals surface area (Å²) < 4.78 is 11.0. The van der Waals surface area contributed by atoms with Crippen LogP contribution in [0.3, 0.4) is 0 Å². The number of terminal acetylenes is 1. The molecule has 1 aromatic rings. The topological polar surface area (TPSA) is 18.5 Å². The standard InChI is InChI=1S/C22H34O2/c1-4-6-7-8-9-10-11-12-13-14-19-24-22(5-2)20-15-17-21(23-3)18-16-20/h2,15-18,22H,4,6-14,19H2,1,3H3. The normalized spacial score (nSPS) is 11.9. The van der Waals surface area contributed by atoms with Crippen molar-refractivity contribution >= 4 is 0 Å². The molecule has 134 valence electrons. The van der Waals surface area contributed by atoms with Crippen molar-refractivity contribution < 1.29 is 9.47 Å². The largest absolute Gasteiger partial charge is 0.497 e. The van der Waals surface area contributed by atoms with Crippen LogP contribution in [-0.4, -0.2) is 13.7 Å². The average molecular weight is 331 g/mol. The molecule has 1 atom stereocenters. The van der Waals surface area contributed by atoms with Crippen molar-refractivity contribution in [2.45, 2.75) is 77.2 Å². The molecule has 0 aliphatic heterocycles. The number of methoxy groups -OCH3 is 1. The van der Waals surface area contributed by atoms with Gasteiger partial charge in [-0.15, -0.1) is 6.42 Å². The van der Waals surface area contributed by atoms with Gasteiger partial charge in [0.05, 0.1) is 7.11 Å². The molecule has 0 spiro atoms. The first kappa shape index (κ1) is 20.6. The van der Waals surface area contributed by atoms with Crippen molar-refractivity contribution in [2.75, 3.05) is 13.7 Å². The summed E-state index contributed by atoms with van der Waals surface area (Å²) in [5.74, 6) is 3.57. The van der Waals surface area contributed by atoms with Gasteiger partial charge in [-0.3, -0.25) is 0 Å². The molecule has 1 aromatic carbocycles. The summed E-state index contributed by atoms with van der Waals surface area (Å²) in [6.45, 7) is 3.00. The van der Waals surface area contributed by atoms with Gasteiger partial charge in [-0.2, -0.15) is 0 Å². The van der Waals surface area contributed by atoms with Crippen LogP contribution in [0, 0.1) is 12.3 Å². The monoisotopic (exact) mass is 330 g/mol. The first-order chi connectivity index (χ1) is 11.8.